The Morgan fingerprint density at radius 2 is 2.04 bits per heavy atom. The second kappa shape index (κ2) is 8.87. The number of hydrogen-bond acceptors (Lipinski definition) is 5. The Labute approximate surface area is 152 Å². The van der Waals surface area contributed by atoms with Gasteiger partial charge in [0.2, 0.25) is 11.8 Å². The zero-order chi connectivity index (χ0) is 17.5. The van der Waals surface area contributed by atoms with Crippen LogP contribution >= 0.6 is 11.8 Å². The van der Waals surface area contributed by atoms with Crippen LogP contribution in [0.4, 0.5) is 0 Å². The maximum atomic E-state index is 13.0. The summed E-state index contributed by atoms with van der Waals surface area (Å²) in [6.07, 6.45) is 1.69. The standard InChI is InChI=1S/C19H23N3O2S/c1-24-17-13-15(7-8-20-17)14-21-19(23)18(16-5-3-2-4-6-16)22-9-11-25-12-10-22/h2-8,13,18H,9-12,14H2,1H3,(H,21,23)/t18-/m1/s1. The lowest BCUT2D eigenvalue weighted by atomic mass is 10.0. The molecule has 2 aromatic rings. The SMILES string of the molecule is COc1cc(CNC(=O)[C@@H](c2ccccc2)N2CCSCC2)ccn1. The fourth-order valence-corrected chi connectivity index (χ4v) is 3.89. The Morgan fingerprint density at radius 1 is 1.28 bits per heavy atom. The van der Waals surface area contributed by atoms with Crippen LogP contribution in [0.1, 0.15) is 17.2 Å². The first-order valence-electron chi connectivity index (χ1n) is 8.41. The summed E-state index contributed by atoms with van der Waals surface area (Å²) in [5.74, 6) is 2.73. The smallest absolute Gasteiger partial charge is 0.242 e. The quantitative estimate of drug-likeness (QED) is 0.861. The Kier molecular flexibility index (Phi) is 6.30. The first-order chi connectivity index (χ1) is 12.3. The van der Waals surface area contributed by atoms with Gasteiger partial charge in [0.1, 0.15) is 6.04 Å². The molecule has 1 atom stereocenters. The van der Waals surface area contributed by atoms with Crippen molar-refractivity contribution >= 4 is 17.7 Å². The summed E-state index contributed by atoms with van der Waals surface area (Å²) < 4.78 is 5.14. The molecule has 0 radical (unpaired) electrons. The zero-order valence-corrected chi connectivity index (χ0v) is 15.2. The van der Waals surface area contributed by atoms with Crippen molar-refractivity contribution in [1.82, 2.24) is 15.2 Å². The first-order valence-corrected chi connectivity index (χ1v) is 9.57. The lowest BCUT2D eigenvalue weighted by Gasteiger charge is -2.33. The highest BCUT2D eigenvalue weighted by atomic mass is 32.2. The monoisotopic (exact) mass is 357 g/mol. The molecule has 1 aromatic carbocycles. The van der Waals surface area contributed by atoms with Crippen LogP contribution in [0.5, 0.6) is 5.88 Å². The third-order valence-electron chi connectivity index (χ3n) is 4.25. The van der Waals surface area contributed by atoms with Crippen molar-refractivity contribution in [3.05, 3.63) is 59.8 Å². The van der Waals surface area contributed by atoms with E-state index < -0.39 is 0 Å². The molecule has 0 aliphatic carbocycles. The molecular weight excluding hydrogens is 334 g/mol. The fourth-order valence-electron chi connectivity index (χ4n) is 2.96. The molecule has 2 heterocycles. The summed E-state index contributed by atoms with van der Waals surface area (Å²) in [5.41, 5.74) is 2.01. The second-order valence-corrected chi connectivity index (χ2v) is 7.11. The van der Waals surface area contributed by atoms with Gasteiger partial charge in [0, 0.05) is 43.4 Å². The lowest BCUT2D eigenvalue weighted by molar-refractivity contribution is -0.126. The second-order valence-electron chi connectivity index (χ2n) is 5.89. The van der Waals surface area contributed by atoms with Crippen molar-refractivity contribution in [2.45, 2.75) is 12.6 Å². The molecule has 0 unspecified atom stereocenters. The number of rotatable bonds is 6. The van der Waals surface area contributed by atoms with Gasteiger partial charge in [-0.05, 0) is 17.2 Å². The highest BCUT2D eigenvalue weighted by Crippen LogP contribution is 2.24. The van der Waals surface area contributed by atoms with Gasteiger partial charge in [0.05, 0.1) is 7.11 Å². The van der Waals surface area contributed by atoms with E-state index in [2.05, 4.69) is 15.2 Å². The zero-order valence-electron chi connectivity index (χ0n) is 14.4. The summed E-state index contributed by atoms with van der Waals surface area (Å²) in [7, 11) is 1.59. The Bertz CT molecular complexity index is 690. The molecule has 0 bridgehead atoms. The predicted molar refractivity (Wildman–Crippen MR) is 101 cm³/mol. The Balaban J connectivity index is 1.72. The lowest BCUT2D eigenvalue weighted by Crippen LogP contribution is -2.44. The number of pyridine rings is 1. The van der Waals surface area contributed by atoms with Crippen LogP contribution in [0.3, 0.4) is 0 Å². The number of thioether (sulfide) groups is 1. The van der Waals surface area contributed by atoms with E-state index in [0.29, 0.717) is 12.4 Å². The van der Waals surface area contributed by atoms with E-state index in [1.54, 1.807) is 13.3 Å². The molecule has 0 spiro atoms. The van der Waals surface area contributed by atoms with Crippen LogP contribution in [0, 0.1) is 0 Å². The highest BCUT2D eigenvalue weighted by Gasteiger charge is 2.28. The van der Waals surface area contributed by atoms with E-state index in [9.17, 15) is 4.79 Å². The van der Waals surface area contributed by atoms with Crippen molar-refractivity contribution in [3.8, 4) is 5.88 Å². The third kappa shape index (κ3) is 4.74. The Hall–Kier alpha value is -2.05. The number of hydrogen-bond donors (Lipinski definition) is 1. The van der Waals surface area contributed by atoms with Gasteiger partial charge in [0.15, 0.2) is 0 Å². The van der Waals surface area contributed by atoms with Crippen molar-refractivity contribution in [2.24, 2.45) is 0 Å². The number of ether oxygens (including phenoxy) is 1. The number of nitrogens with zero attached hydrogens (tertiary/aromatic N) is 2. The van der Waals surface area contributed by atoms with Crippen LogP contribution in [-0.4, -0.2) is 47.5 Å². The summed E-state index contributed by atoms with van der Waals surface area (Å²) in [6, 6.07) is 13.5. The number of aromatic nitrogens is 1. The van der Waals surface area contributed by atoms with Crippen molar-refractivity contribution in [2.75, 3.05) is 31.7 Å². The summed E-state index contributed by atoms with van der Waals surface area (Å²) >= 11 is 1.94. The molecule has 1 N–H and O–H groups in total. The van der Waals surface area contributed by atoms with Crippen LogP contribution < -0.4 is 10.1 Å². The van der Waals surface area contributed by atoms with Gasteiger partial charge in [-0.15, -0.1) is 0 Å². The summed E-state index contributed by atoms with van der Waals surface area (Å²) in [5, 5.41) is 3.08. The third-order valence-corrected chi connectivity index (χ3v) is 5.19. The molecule has 1 saturated heterocycles. The van der Waals surface area contributed by atoms with E-state index >= 15 is 0 Å². The maximum Gasteiger partial charge on any atom is 0.242 e. The molecular formula is C19H23N3O2S. The normalized spacial score (nSPS) is 16.2. The average molecular weight is 357 g/mol. The number of carbonyl (C=O) groups is 1. The molecule has 3 rings (SSSR count). The van der Waals surface area contributed by atoms with E-state index in [1.807, 2.05) is 54.2 Å². The maximum absolute atomic E-state index is 13.0. The molecule has 1 aliphatic heterocycles. The van der Waals surface area contributed by atoms with E-state index in [1.165, 1.54) is 0 Å². The number of nitrogens with one attached hydrogen (secondary N) is 1. The molecule has 25 heavy (non-hydrogen) atoms. The minimum atomic E-state index is -0.245. The summed E-state index contributed by atoms with van der Waals surface area (Å²) in [6.45, 7) is 2.32. The van der Waals surface area contributed by atoms with Gasteiger partial charge in [-0.3, -0.25) is 9.69 Å². The molecule has 1 fully saturated rings. The van der Waals surface area contributed by atoms with Crippen molar-refractivity contribution in [3.63, 3.8) is 0 Å². The number of amides is 1. The number of methoxy groups -OCH3 is 1. The average Bonchev–Trinajstić information content (AvgIpc) is 2.68. The topological polar surface area (TPSA) is 54.5 Å². The van der Waals surface area contributed by atoms with Crippen molar-refractivity contribution < 1.29 is 9.53 Å². The van der Waals surface area contributed by atoms with Crippen LogP contribution in [0.2, 0.25) is 0 Å². The minimum absolute atomic E-state index is 0.0360. The molecule has 132 valence electrons. The van der Waals surface area contributed by atoms with Gasteiger partial charge in [-0.25, -0.2) is 4.98 Å². The van der Waals surface area contributed by atoms with Crippen LogP contribution in [0.25, 0.3) is 0 Å². The van der Waals surface area contributed by atoms with E-state index in [4.69, 9.17) is 4.74 Å². The highest BCUT2D eigenvalue weighted by molar-refractivity contribution is 7.99. The first kappa shape index (κ1) is 17.8. The van der Waals surface area contributed by atoms with Gasteiger partial charge in [-0.1, -0.05) is 30.3 Å². The predicted octanol–water partition coefficient (Wildman–Crippen LogP) is 2.50. The van der Waals surface area contributed by atoms with E-state index in [-0.39, 0.29) is 11.9 Å². The van der Waals surface area contributed by atoms with E-state index in [0.717, 1.165) is 35.7 Å². The molecule has 5 nitrogen and oxygen atoms in total. The van der Waals surface area contributed by atoms with Gasteiger partial charge in [0.25, 0.3) is 0 Å². The van der Waals surface area contributed by atoms with Gasteiger partial charge < -0.3 is 10.1 Å². The van der Waals surface area contributed by atoms with Crippen molar-refractivity contribution in [1.29, 1.82) is 0 Å². The largest absolute Gasteiger partial charge is 0.481 e. The number of carbonyl (C=O) groups excluding carboxylic acids is 1. The minimum Gasteiger partial charge on any atom is -0.481 e. The summed E-state index contributed by atoms with van der Waals surface area (Å²) in [4.78, 5) is 19.3. The van der Waals surface area contributed by atoms with Gasteiger partial charge >= 0.3 is 0 Å². The molecule has 0 saturated carbocycles. The fraction of sp³-hybridized carbons (Fsp3) is 0.368. The molecule has 1 aliphatic rings. The van der Waals surface area contributed by atoms with Crippen LogP contribution in [-0.2, 0) is 11.3 Å². The van der Waals surface area contributed by atoms with Gasteiger partial charge in [-0.2, -0.15) is 11.8 Å². The Morgan fingerprint density at radius 3 is 2.76 bits per heavy atom. The molecule has 1 aromatic heterocycles. The van der Waals surface area contributed by atoms with Crippen LogP contribution in [0.15, 0.2) is 48.7 Å². The molecule has 6 heteroatoms. The number of benzene rings is 1. The molecule has 1 amide bonds.